The highest BCUT2D eigenvalue weighted by Gasteiger charge is 2.48. The highest BCUT2D eigenvalue weighted by molar-refractivity contribution is 6.09. The molecule has 2 unspecified atom stereocenters. The lowest BCUT2D eigenvalue weighted by Crippen LogP contribution is -2.63. The fraction of sp³-hybridized carbons (Fsp3) is 0.500. The van der Waals surface area contributed by atoms with Gasteiger partial charge in [0, 0.05) is 6.54 Å². The minimum absolute atomic E-state index is 0.0171. The molecule has 2 saturated heterocycles. The van der Waals surface area contributed by atoms with Crippen molar-refractivity contribution in [3.8, 4) is 5.75 Å². The van der Waals surface area contributed by atoms with Crippen LogP contribution in [0.3, 0.4) is 0 Å². The smallest absolute Gasteiger partial charge is 0.250 e. The van der Waals surface area contributed by atoms with Gasteiger partial charge < -0.3 is 9.64 Å². The number of methoxy groups -OCH3 is 1. The lowest BCUT2D eigenvalue weighted by Gasteiger charge is -2.42. The van der Waals surface area contributed by atoms with E-state index in [4.69, 9.17) is 4.74 Å². The summed E-state index contributed by atoms with van der Waals surface area (Å²) >= 11 is 0. The van der Waals surface area contributed by atoms with Crippen molar-refractivity contribution in [3.63, 3.8) is 0 Å². The van der Waals surface area contributed by atoms with Crippen LogP contribution in [0.25, 0.3) is 0 Å². The number of nitrogens with zero attached hydrogens (tertiary/aromatic N) is 2. The first-order chi connectivity index (χ1) is 10.2. The monoisotopic (exact) mass is 288 g/mol. The van der Waals surface area contributed by atoms with Crippen LogP contribution in [0, 0.1) is 0 Å². The third-order valence-corrected chi connectivity index (χ3v) is 4.39. The first-order valence-corrected chi connectivity index (χ1v) is 7.45. The molecule has 3 rings (SSSR count). The molecule has 21 heavy (non-hydrogen) atoms. The molecule has 5 nitrogen and oxygen atoms in total. The van der Waals surface area contributed by atoms with Crippen LogP contribution in [0.2, 0.25) is 0 Å². The molecule has 0 aromatic heterocycles. The van der Waals surface area contributed by atoms with Crippen molar-refractivity contribution in [1.82, 2.24) is 4.90 Å². The lowest BCUT2D eigenvalue weighted by molar-refractivity contribution is -0.144. The molecule has 2 heterocycles. The van der Waals surface area contributed by atoms with Crippen molar-refractivity contribution in [2.75, 3.05) is 18.6 Å². The van der Waals surface area contributed by atoms with Crippen molar-refractivity contribution in [2.24, 2.45) is 0 Å². The number of carbonyl (C=O) groups is 2. The van der Waals surface area contributed by atoms with E-state index in [2.05, 4.69) is 0 Å². The number of carbonyl (C=O) groups excluding carboxylic acids is 2. The van der Waals surface area contributed by atoms with Crippen LogP contribution < -0.4 is 9.64 Å². The van der Waals surface area contributed by atoms with Gasteiger partial charge in [-0.25, -0.2) is 0 Å². The third-order valence-electron chi connectivity index (χ3n) is 4.39. The number of piperazine rings is 1. The fourth-order valence-electron chi connectivity index (χ4n) is 3.38. The summed E-state index contributed by atoms with van der Waals surface area (Å²) in [4.78, 5) is 28.9. The Morgan fingerprint density at radius 1 is 1.24 bits per heavy atom. The Balaban J connectivity index is 2.06. The molecule has 0 saturated carbocycles. The number of hydrogen-bond donors (Lipinski definition) is 0. The van der Waals surface area contributed by atoms with Crippen molar-refractivity contribution in [1.29, 1.82) is 0 Å². The molecule has 0 N–H and O–H groups in total. The number of fused-ring (bicyclic) bond motifs is 1. The molecule has 2 fully saturated rings. The molecule has 2 amide bonds. The van der Waals surface area contributed by atoms with Crippen molar-refractivity contribution in [2.45, 2.75) is 38.3 Å². The van der Waals surface area contributed by atoms with Gasteiger partial charge in [0.2, 0.25) is 5.91 Å². The Kier molecular flexibility index (Phi) is 3.57. The lowest BCUT2D eigenvalue weighted by atomic mass is 10.0. The molecular formula is C16H20N2O3. The molecule has 5 heteroatoms. The van der Waals surface area contributed by atoms with E-state index in [9.17, 15) is 9.59 Å². The number of hydrogen-bond acceptors (Lipinski definition) is 3. The first-order valence-electron chi connectivity index (χ1n) is 7.45. The van der Waals surface area contributed by atoms with Crippen LogP contribution in [-0.4, -0.2) is 42.5 Å². The van der Waals surface area contributed by atoms with E-state index in [1.165, 1.54) is 0 Å². The van der Waals surface area contributed by atoms with Gasteiger partial charge in [-0.05, 0) is 31.4 Å². The topological polar surface area (TPSA) is 49.9 Å². The maximum Gasteiger partial charge on any atom is 0.250 e. The van der Waals surface area contributed by atoms with E-state index >= 15 is 0 Å². The number of ether oxygens (including phenoxy) is 1. The van der Waals surface area contributed by atoms with Crippen LogP contribution in [0.4, 0.5) is 5.69 Å². The molecule has 2 atom stereocenters. The largest absolute Gasteiger partial charge is 0.495 e. The SMILES string of the molecule is CCC1C(=O)N2CCCC2C(=O)N1c1ccccc1OC. The van der Waals surface area contributed by atoms with E-state index in [-0.39, 0.29) is 17.9 Å². The van der Waals surface area contributed by atoms with Gasteiger partial charge >= 0.3 is 0 Å². The van der Waals surface area contributed by atoms with Gasteiger partial charge in [0.05, 0.1) is 12.8 Å². The van der Waals surface area contributed by atoms with Crippen molar-refractivity contribution in [3.05, 3.63) is 24.3 Å². The Labute approximate surface area is 124 Å². The molecular weight excluding hydrogens is 268 g/mol. The summed E-state index contributed by atoms with van der Waals surface area (Å²) in [7, 11) is 1.58. The summed E-state index contributed by atoms with van der Waals surface area (Å²) in [6.07, 6.45) is 2.26. The van der Waals surface area contributed by atoms with Gasteiger partial charge in [-0.15, -0.1) is 0 Å². The van der Waals surface area contributed by atoms with Gasteiger partial charge in [0.1, 0.15) is 17.8 Å². The zero-order valence-electron chi connectivity index (χ0n) is 12.4. The van der Waals surface area contributed by atoms with E-state index in [1.54, 1.807) is 16.9 Å². The quantitative estimate of drug-likeness (QED) is 0.852. The minimum atomic E-state index is -0.428. The predicted octanol–water partition coefficient (Wildman–Crippen LogP) is 1.81. The summed E-state index contributed by atoms with van der Waals surface area (Å²) in [5.41, 5.74) is 0.691. The van der Waals surface area contributed by atoms with Crippen LogP contribution in [0.15, 0.2) is 24.3 Å². The summed E-state index contributed by atoms with van der Waals surface area (Å²) < 4.78 is 5.37. The number of amides is 2. The standard InChI is InChI=1S/C16H20N2O3/c1-3-11-15(19)17-10-6-8-13(17)16(20)18(11)12-7-4-5-9-14(12)21-2/h4-5,7,9,11,13H,3,6,8,10H2,1-2H3. The summed E-state index contributed by atoms with van der Waals surface area (Å²) in [6.45, 7) is 2.64. The molecule has 1 aromatic carbocycles. The normalized spacial score (nSPS) is 25.2. The number of rotatable bonds is 3. The Morgan fingerprint density at radius 3 is 2.71 bits per heavy atom. The highest BCUT2D eigenvalue weighted by Crippen LogP contribution is 2.36. The van der Waals surface area contributed by atoms with E-state index in [1.807, 2.05) is 31.2 Å². The van der Waals surface area contributed by atoms with Crippen molar-refractivity contribution < 1.29 is 14.3 Å². The first kappa shape index (κ1) is 13.9. The fourth-order valence-corrected chi connectivity index (χ4v) is 3.38. The molecule has 1 aromatic rings. The van der Waals surface area contributed by atoms with Gasteiger partial charge in [-0.1, -0.05) is 19.1 Å². The number of benzene rings is 1. The second-order valence-corrected chi connectivity index (χ2v) is 5.49. The van der Waals surface area contributed by atoms with E-state index in [0.717, 1.165) is 12.8 Å². The Morgan fingerprint density at radius 2 is 2.00 bits per heavy atom. The third kappa shape index (κ3) is 2.07. The molecule has 0 radical (unpaired) electrons. The van der Waals surface area contributed by atoms with E-state index in [0.29, 0.717) is 24.4 Å². The van der Waals surface area contributed by atoms with Crippen LogP contribution in [0.5, 0.6) is 5.75 Å². The molecule has 0 bridgehead atoms. The van der Waals surface area contributed by atoms with E-state index < -0.39 is 6.04 Å². The second-order valence-electron chi connectivity index (χ2n) is 5.49. The molecule has 112 valence electrons. The maximum absolute atomic E-state index is 12.9. The summed E-state index contributed by atoms with van der Waals surface area (Å²) in [6, 6.07) is 6.66. The molecule has 0 spiro atoms. The van der Waals surface area contributed by atoms with Gasteiger partial charge in [-0.2, -0.15) is 0 Å². The minimum Gasteiger partial charge on any atom is -0.495 e. The maximum atomic E-state index is 12.9. The van der Waals surface area contributed by atoms with Crippen LogP contribution >= 0.6 is 0 Å². The van der Waals surface area contributed by atoms with Gasteiger partial charge in [0.15, 0.2) is 0 Å². The highest BCUT2D eigenvalue weighted by atomic mass is 16.5. The zero-order valence-corrected chi connectivity index (χ0v) is 12.4. The van der Waals surface area contributed by atoms with Crippen molar-refractivity contribution >= 4 is 17.5 Å². The van der Waals surface area contributed by atoms with Gasteiger partial charge in [0.25, 0.3) is 5.91 Å². The second kappa shape index (κ2) is 5.39. The van der Waals surface area contributed by atoms with Crippen LogP contribution in [-0.2, 0) is 9.59 Å². The number of anilines is 1. The average molecular weight is 288 g/mol. The van der Waals surface area contributed by atoms with Gasteiger partial charge in [-0.3, -0.25) is 14.5 Å². The molecule has 2 aliphatic rings. The molecule has 0 aliphatic carbocycles. The molecule has 2 aliphatic heterocycles. The Bertz CT molecular complexity index is 572. The summed E-state index contributed by atoms with van der Waals surface area (Å²) in [5, 5.41) is 0. The number of para-hydroxylation sites is 2. The average Bonchev–Trinajstić information content (AvgIpc) is 3.00. The zero-order chi connectivity index (χ0) is 15.0. The Hall–Kier alpha value is -2.04. The summed E-state index contributed by atoms with van der Waals surface area (Å²) in [5.74, 6) is 0.706. The predicted molar refractivity (Wildman–Crippen MR) is 79.3 cm³/mol. The van der Waals surface area contributed by atoms with Crippen LogP contribution in [0.1, 0.15) is 26.2 Å².